The third kappa shape index (κ3) is 3.65. The van der Waals surface area contributed by atoms with Gasteiger partial charge in [0.2, 0.25) is 0 Å². The van der Waals surface area contributed by atoms with Gasteiger partial charge < -0.3 is 15.4 Å². The molecular weight excluding hydrogens is 300 g/mol. The molecule has 116 valence electrons. The topological polar surface area (TPSA) is 67.4 Å². The Balaban J connectivity index is 2.18. The van der Waals surface area contributed by atoms with E-state index >= 15 is 0 Å². The van der Waals surface area contributed by atoms with Crippen molar-refractivity contribution in [2.75, 3.05) is 19.0 Å². The smallest absolute Gasteiger partial charge is 0.269 e. The lowest BCUT2D eigenvalue weighted by Crippen LogP contribution is -2.22. The minimum absolute atomic E-state index is 0.164. The van der Waals surface area contributed by atoms with Crippen LogP contribution in [-0.4, -0.2) is 25.5 Å². The fourth-order valence-electron chi connectivity index (χ4n) is 1.99. The van der Waals surface area contributed by atoms with Gasteiger partial charge in [-0.25, -0.2) is 0 Å². The molecule has 0 spiro atoms. The Morgan fingerprint density at radius 2 is 2.00 bits per heavy atom. The molecule has 0 aliphatic heterocycles. The quantitative estimate of drug-likeness (QED) is 0.890. The summed E-state index contributed by atoms with van der Waals surface area (Å²) < 4.78 is 5.20. The summed E-state index contributed by atoms with van der Waals surface area (Å²) in [6, 6.07) is 8.65. The van der Waals surface area contributed by atoms with Crippen LogP contribution < -0.4 is 15.4 Å². The number of rotatable bonds is 5. The summed E-state index contributed by atoms with van der Waals surface area (Å²) in [6.07, 6.45) is 0. The second-order valence-electron chi connectivity index (χ2n) is 4.65. The average Bonchev–Trinajstić information content (AvgIpc) is 2.89. The Morgan fingerprint density at radius 3 is 2.68 bits per heavy atom. The normalized spacial score (nSPS) is 10.1. The van der Waals surface area contributed by atoms with Crippen LogP contribution in [0.1, 0.15) is 31.8 Å². The molecule has 0 fully saturated rings. The molecule has 2 N–H and O–H groups in total. The van der Waals surface area contributed by atoms with Crippen LogP contribution in [-0.2, 0) is 0 Å². The minimum Gasteiger partial charge on any atom is -0.495 e. The van der Waals surface area contributed by atoms with Gasteiger partial charge in [0, 0.05) is 22.7 Å². The van der Waals surface area contributed by atoms with Gasteiger partial charge in [0.1, 0.15) is 10.6 Å². The van der Waals surface area contributed by atoms with Crippen LogP contribution in [0.5, 0.6) is 5.75 Å². The summed E-state index contributed by atoms with van der Waals surface area (Å²) in [5, 5.41) is 5.52. The van der Waals surface area contributed by atoms with E-state index in [0.29, 0.717) is 28.4 Å². The fourth-order valence-corrected chi connectivity index (χ4v) is 2.86. The number of benzene rings is 1. The zero-order chi connectivity index (χ0) is 16.1. The first kappa shape index (κ1) is 16.0. The number of aryl methyl sites for hydroxylation is 1. The molecule has 0 atom stereocenters. The maximum absolute atomic E-state index is 12.3. The summed E-state index contributed by atoms with van der Waals surface area (Å²) in [5.41, 5.74) is 1.08. The van der Waals surface area contributed by atoms with Crippen LogP contribution in [0.4, 0.5) is 5.69 Å². The Morgan fingerprint density at radius 1 is 1.23 bits per heavy atom. The van der Waals surface area contributed by atoms with Crippen LogP contribution in [0.15, 0.2) is 30.3 Å². The van der Waals surface area contributed by atoms with Gasteiger partial charge in [-0.3, -0.25) is 9.59 Å². The third-order valence-electron chi connectivity index (χ3n) is 2.97. The number of thiophene rings is 1. The van der Waals surface area contributed by atoms with Crippen molar-refractivity contribution in [1.82, 2.24) is 5.32 Å². The molecule has 0 aliphatic rings. The van der Waals surface area contributed by atoms with E-state index in [4.69, 9.17) is 4.74 Å². The second kappa shape index (κ2) is 7.09. The molecule has 0 radical (unpaired) electrons. The number of methoxy groups -OCH3 is 1. The van der Waals surface area contributed by atoms with E-state index < -0.39 is 0 Å². The number of carbonyl (C=O) groups excluding carboxylic acids is 2. The summed E-state index contributed by atoms with van der Waals surface area (Å²) in [6.45, 7) is 4.33. The maximum Gasteiger partial charge on any atom is 0.269 e. The lowest BCUT2D eigenvalue weighted by molar-refractivity contribution is 0.0954. The standard InChI is InChI=1S/C16H18N2O3S/c1-4-17-15(19)11-6-5-7-12(9-11)18-16(20)14-13(21-3)8-10(2)22-14/h5-9H,4H2,1-3H3,(H,17,19)(H,18,20). The number of nitrogens with one attached hydrogen (secondary N) is 2. The molecule has 0 aliphatic carbocycles. The molecule has 0 unspecified atom stereocenters. The van der Waals surface area contributed by atoms with Crippen molar-refractivity contribution >= 4 is 28.8 Å². The number of hydrogen-bond acceptors (Lipinski definition) is 4. The molecule has 1 aromatic carbocycles. The minimum atomic E-state index is -0.247. The first-order chi connectivity index (χ1) is 10.5. The van der Waals surface area contributed by atoms with E-state index in [0.717, 1.165) is 4.88 Å². The Kier molecular flexibility index (Phi) is 5.16. The summed E-state index contributed by atoms with van der Waals surface area (Å²) in [5.74, 6) is 0.144. The summed E-state index contributed by atoms with van der Waals surface area (Å²) in [7, 11) is 1.54. The van der Waals surface area contributed by atoms with Gasteiger partial charge in [0.05, 0.1) is 7.11 Å². The molecule has 0 saturated heterocycles. The Labute approximate surface area is 133 Å². The van der Waals surface area contributed by atoms with E-state index in [1.54, 1.807) is 24.3 Å². The van der Waals surface area contributed by atoms with Gasteiger partial charge in [-0.2, -0.15) is 0 Å². The van der Waals surface area contributed by atoms with Crippen molar-refractivity contribution in [3.8, 4) is 5.75 Å². The molecule has 0 saturated carbocycles. The van der Waals surface area contributed by atoms with E-state index in [-0.39, 0.29) is 11.8 Å². The highest BCUT2D eigenvalue weighted by Gasteiger charge is 2.16. The average molecular weight is 318 g/mol. The monoisotopic (exact) mass is 318 g/mol. The molecule has 2 amide bonds. The first-order valence-electron chi connectivity index (χ1n) is 6.89. The second-order valence-corrected chi connectivity index (χ2v) is 5.91. The molecular formula is C16H18N2O3S. The predicted molar refractivity (Wildman–Crippen MR) is 88.0 cm³/mol. The third-order valence-corrected chi connectivity index (χ3v) is 4.00. The van der Waals surface area contributed by atoms with Crippen molar-refractivity contribution < 1.29 is 14.3 Å². The predicted octanol–water partition coefficient (Wildman–Crippen LogP) is 3.07. The van der Waals surface area contributed by atoms with Crippen molar-refractivity contribution in [3.63, 3.8) is 0 Å². The number of hydrogen-bond donors (Lipinski definition) is 2. The van der Waals surface area contributed by atoms with Gasteiger partial charge in [0.15, 0.2) is 0 Å². The van der Waals surface area contributed by atoms with Crippen LogP contribution in [0.25, 0.3) is 0 Å². The van der Waals surface area contributed by atoms with Gasteiger partial charge in [0.25, 0.3) is 11.8 Å². The van der Waals surface area contributed by atoms with Crippen LogP contribution >= 0.6 is 11.3 Å². The lowest BCUT2D eigenvalue weighted by Gasteiger charge is -2.07. The molecule has 2 aromatic rings. The molecule has 6 heteroatoms. The molecule has 5 nitrogen and oxygen atoms in total. The fraction of sp³-hybridized carbons (Fsp3) is 0.250. The van der Waals surface area contributed by atoms with E-state index in [1.807, 2.05) is 19.9 Å². The van der Waals surface area contributed by atoms with Crippen LogP contribution in [0, 0.1) is 6.92 Å². The number of amides is 2. The molecule has 1 heterocycles. The highest BCUT2D eigenvalue weighted by atomic mass is 32.1. The first-order valence-corrected chi connectivity index (χ1v) is 7.70. The molecule has 22 heavy (non-hydrogen) atoms. The number of anilines is 1. The Hall–Kier alpha value is -2.34. The van der Waals surface area contributed by atoms with Crippen molar-refractivity contribution in [2.24, 2.45) is 0 Å². The number of carbonyl (C=O) groups is 2. The van der Waals surface area contributed by atoms with Crippen molar-refractivity contribution in [2.45, 2.75) is 13.8 Å². The molecule has 1 aromatic heterocycles. The SMILES string of the molecule is CCNC(=O)c1cccc(NC(=O)c2sc(C)cc2OC)c1. The molecule has 2 rings (SSSR count). The van der Waals surface area contributed by atoms with E-state index in [1.165, 1.54) is 18.4 Å². The lowest BCUT2D eigenvalue weighted by atomic mass is 10.2. The zero-order valence-electron chi connectivity index (χ0n) is 12.7. The zero-order valence-corrected chi connectivity index (χ0v) is 13.5. The van der Waals surface area contributed by atoms with Gasteiger partial charge >= 0.3 is 0 Å². The summed E-state index contributed by atoms with van der Waals surface area (Å²) in [4.78, 5) is 25.7. The maximum atomic E-state index is 12.3. The highest BCUT2D eigenvalue weighted by Crippen LogP contribution is 2.29. The highest BCUT2D eigenvalue weighted by molar-refractivity contribution is 7.14. The van der Waals surface area contributed by atoms with Crippen LogP contribution in [0.3, 0.4) is 0 Å². The largest absolute Gasteiger partial charge is 0.495 e. The van der Waals surface area contributed by atoms with Gasteiger partial charge in [-0.05, 0) is 38.1 Å². The molecule has 0 bridgehead atoms. The number of ether oxygens (including phenoxy) is 1. The van der Waals surface area contributed by atoms with E-state index in [2.05, 4.69) is 10.6 Å². The van der Waals surface area contributed by atoms with E-state index in [9.17, 15) is 9.59 Å². The van der Waals surface area contributed by atoms with Gasteiger partial charge in [-0.15, -0.1) is 11.3 Å². The Bertz CT molecular complexity index is 694. The van der Waals surface area contributed by atoms with Gasteiger partial charge in [-0.1, -0.05) is 6.07 Å². The summed E-state index contributed by atoms with van der Waals surface area (Å²) >= 11 is 1.37. The van der Waals surface area contributed by atoms with Crippen molar-refractivity contribution in [1.29, 1.82) is 0 Å². The van der Waals surface area contributed by atoms with Crippen LogP contribution in [0.2, 0.25) is 0 Å². The van der Waals surface area contributed by atoms with Crippen molar-refractivity contribution in [3.05, 3.63) is 45.6 Å².